The van der Waals surface area contributed by atoms with Gasteiger partial charge in [-0.2, -0.15) is 0 Å². The number of carbonyl (C=O) groups is 2. The van der Waals surface area contributed by atoms with Crippen molar-refractivity contribution in [2.75, 3.05) is 0 Å². The smallest absolute Gasteiger partial charge is 0.344 e. The highest BCUT2D eigenvalue weighted by Gasteiger charge is 2.18. The Morgan fingerprint density at radius 2 is 1.76 bits per heavy atom. The zero-order chi connectivity index (χ0) is 18.1. The summed E-state index contributed by atoms with van der Waals surface area (Å²) in [4.78, 5) is 23.4. The van der Waals surface area contributed by atoms with E-state index in [-0.39, 0.29) is 5.78 Å². The van der Waals surface area contributed by atoms with Crippen LogP contribution in [0.4, 0.5) is 0 Å². The zero-order valence-corrected chi connectivity index (χ0v) is 13.8. The molecule has 0 spiro atoms. The third-order valence-electron chi connectivity index (χ3n) is 3.55. The average Bonchev–Trinajstić information content (AvgIpc) is 2.64. The average molecular weight is 336 g/mol. The number of aliphatic carboxylic acids is 1. The fraction of sp³-hybridized carbons (Fsp3) is 0.143. The Bertz CT molecular complexity index is 745. The first kappa shape index (κ1) is 18.2. The van der Waals surface area contributed by atoms with Crippen molar-refractivity contribution in [3.05, 3.63) is 84.5 Å². The molecule has 0 aliphatic rings. The molecule has 0 saturated carbocycles. The van der Waals surface area contributed by atoms with E-state index in [4.69, 9.17) is 9.84 Å². The number of ketones is 1. The van der Waals surface area contributed by atoms with Crippen LogP contribution in [0.1, 0.15) is 28.8 Å². The molecule has 1 unspecified atom stereocenters. The summed E-state index contributed by atoms with van der Waals surface area (Å²) in [6, 6.07) is 16.0. The van der Waals surface area contributed by atoms with Gasteiger partial charge in [0.05, 0.1) is 0 Å². The number of benzene rings is 2. The van der Waals surface area contributed by atoms with Gasteiger partial charge < -0.3 is 9.84 Å². The maximum absolute atomic E-state index is 12.2. The number of carboxylic acid groups (broad SMARTS) is 1. The van der Waals surface area contributed by atoms with Crippen molar-refractivity contribution in [1.29, 1.82) is 0 Å². The van der Waals surface area contributed by atoms with Gasteiger partial charge in [0, 0.05) is 5.56 Å². The summed E-state index contributed by atoms with van der Waals surface area (Å²) in [6.07, 6.45) is 4.88. The highest BCUT2D eigenvalue weighted by atomic mass is 16.5. The Kier molecular flexibility index (Phi) is 6.72. The molecule has 0 radical (unpaired) electrons. The van der Waals surface area contributed by atoms with E-state index in [1.165, 1.54) is 6.08 Å². The Labute approximate surface area is 147 Å². The number of hydrogen-bond donors (Lipinski definition) is 1. The topological polar surface area (TPSA) is 63.6 Å². The number of allylic oxidation sites excluding steroid dienone is 2. The van der Waals surface area contributed by atoms with Crippen LogP contribution in [0.15, 0.2) is 73.3 Å². The van der Waals surface area contributed by atoms with Gasteiger partial charge in [0.15, 0.2) is 11.9 Å². The zero-order valence-electron chi connectivity index (χ0n) is 13.8. The largest absolute Gasteiger partial charge is 0.479 e. The molecule has 2 aromatic carbocycles. The molecule has 1 N–H and O–H groups in total. The summed E-state index contributed by atoms with van der Waals surface area (Å²) in [5.41, 5.74) is 1.46. The molecule has 128 valence electrons. The predicted octanol–water partition coefficient (Wildman–Crippen LogP) is 4.38. The van der Waals surface area contributed by atoms with Crippen LogP contribution < -0.4 is 4.74 Å². The van der Waals surface area contributed by atoms with Crippen molar-refractivity contribution >= 4 is 17.8 Å². The quantitative estimate of drug-likeness (QED) is 0.419. The predicted molar refractivity (Wildman–Crippen MR) is 97.7 cm³/mol. The van der Waals surface area contributed by atoms with Gasteiger partial charge in [0.1, 0.15) is 5.75 Å². The Morgan fingerprint density at radius 1 is 1.08 bits per heavy atom. The minimum absolute atomic E-state index is 0.128. The van der Waals surface area contributed by atoms with Gasteiger partial charge in [-0.1, -0.05) is 42.5 Å². The van der Waals surface area contributed by atoms with Gasteiger partial charge in [-0.25, -0.2) is 4.79 Å². The van der Waals surface area contributed by atoms with Gasteiger partial charge in [0.25, 0.3) is 0 Å². The van der Waals surface area contributed by atoms with E-state index >= 15 is 0 Å². The molecular weight excluding hydrogens is 316 g/mol. The summed E-state index contributed by atoms with van der Waals surface area (Å²) in [5.74, 6) is -0.732. The lowest BCUT2D eigenvalue weighted by molar-refractivity contribution is -0.145. The summed E-state index contributed by atoms with van der Waals surface area (Å²) < 4.78 is 5.47. The Hall–Kier alpha value is -3.14. The summed E-state index contributed by atoms with van der Waals surface area (Å²) in [5, 5.41) is 9.16. The van der Waals surface area contributed by atoms with E-state index in [0.717, 1.165) is 5.56 Å². The van der Waals surface area contributed by atoms with Crippen LogP contribution in [0.5, 0.6) is 5.75 Å². The molecule has 4 heteroatoms. The van der Waals surface area contributed by atoms with Crippen molar-refractivity contribution < 1.29 is 19.4 Å². The fourth-order valence-electron chi connectivity index (χ4n) is 2.20. The standard InChI is InChI=1S/C21H20O4/c1-2-3-9-20(21(23)24)25-18-13-11-17(12-14-18)19(22)15-10-16-7-5-4-6-8-16/h2,4-8,10-15,20H,1,3,9H2,(H,23,24)/b15-10+. The van der Waals surface area contributed by atoms with Crippen LogP contribution in [0.25, 0.3) is 6.08 Å². The molecule has 0 aromatic heterocycles. The van der Waals surface area contributed by atoms with E-state index in [1.54, 1.807) is 36.4 Å². The molecule has 0 amide bonds. The second kappa shape index (κ2) is 9.23. The SMILES string of the molecule is C=CCCC(Oc1ccc(C(=O)/C=C/c2ccccc2)cc1)C(=O)O. The van der Waals surface area contributed by atoms with Crippen LogP contribution in [-0.4, -0.2) is 23.0 Å². The minimum Gasteiger partial charge on any atom is -0.479 e. The summed E-state index contributed by atoms with van der Waals surface area (Å²) in [6.45, 7) is 3.58. The molecule has 2 rings (SSSR count). The number of carbonyl (C=O) groups excluding carboxylic acids is 1. The Morgan fingerprint density at radius 3 is 2.36 bits per heavy atom. The van der Waals surface area contributed by atoms with Gasteiger partial charge in [-0.05, 0) is 48.7 Å². The van der Waals surface area contributed by atoms with Gasteiger partial charge in [-0.15, -0.1) is 6.58 Å². The van der Waals surface area contributed by atoms with Gasteiger partial charge in [0.2, 0.25) is 0 Å². The highest BCUT2D eigenvalue weighted by Crippen LogP contribution is 2.17. The van der Waals surface area contributed by atoms with Gasteiger partial charge in [-0.3, -0.25) is 4.79 Å². The fourth-order valence-corrected chi connectivity index (χ4v) is 2.20. The lowest BCUT2D eigenvalue weighted by Gasteiger charge is -2.14. The normalized spacial score (nSPS) is 11.8. The van der Waals surface area contributed by atoms with Crippen molar-refractivity contribution in [2.24, 2.45) is 0 Å². The summed E-state index contributed by atoms with van der Waals surface area (Å²) in [7, 11) is 0. The molecule has 0 aliphatic carbocycles. The second-order valence-electron chi connectivity index (χ2n) is 5.44. The van der Waals surface area contributed by atoms with Crippen LogP contribution in [0.2, 0.25) is 0 Å². The first-order chi connectivity index (χ1) is 12.1. The molecule has 1 atom stereocenters. The molecule has 4 nitrogen and oxygen atoms in total. The Balaban J connectivity index is 2.01. The second-order valence-corrected chi connectivity index (χ2v) is 5.44. The van der Waals surface area contributed by atoms with Crippen LogP contribution in [-0.2, 0) is 4.79 Å². The van der Waals surface area contributed by atoms with Crippen molar-refractivity contribution in [1.82, 2.24) is 0 Å². The van der Waals surface area contributed by atoms with Crippen molar-refractivity contribution in [3.63, 3.8) is 0 Å². The van der Waals surface area contributed by atoms with Crippen LogP contribution in [0.3, 0.4) is 0 Å². The molecule has 25 heavy (non-hydrogen) atoms. The molecule has 2 aromatic rings. The molecule has 0 aliphatic heterocycles. The lowest BCUT2D eigenvalue weighted by Crippen LogP contribution is -2.26. The molecule has 0 saturated heterocycles. The maximum atomic E-state index is 12.2. The van der Waals surface area contributed by atoms with Crippen LogP contribution in [0, 0.1) is 0 Å². The third-order valence-corrected chi connectivity index (χ3v) is 3.55. The number of ether oxygens (including phenoxy) is 1. The molecule has 0 fully saturated rings. The van der Waals surface area contributed by atoms with E-state index in [0.29, 0.717) is 24.2 Å². The number of carboxylic acids is 1. The van der Waals surface area contributed by atoms with Crippen molar-refractivity contribution in [3.8, 4) is 5.75 Å². The lowest BCUT2D eigenvalue weighted by atomic mass is 10.1. The van der Waals surface area contributed by atoms with E-state index in [9.17, 15) is 9.59 Å². The van der Waals surface area contributed by atoms with E-state index in [2.05, 4.69) is 6.58 Å². The van der Waals surface area contributed by atoms with E-state index < -0.39 is 12.1 Å². The van der Waals surface area contributed by atoms with E-state index in [1.807, 2.05) is 30.3 Å². The van der Waals surface area contributed by atoms with Gasteiger partial charge >= 0.3 is 5.97 Å². The first-order valence-corrected chi connectivity index (χ1v) is 7.98. The first-order valence-electron chi connectivity index (χ1n) is 7.98. The van der Waals surface area contributed by atoms with Crippen molar-refractivity contribution in [2.45, 2.75) is 18.9 Å². The maximum Gasteiger partial charge on any atom is 0.344 e. The molecular formula is C21H20O4. The summed E-state index contributed by atoms with van der Waals surface area (Å²) >= 11 is 0. The number of rotatable bonds is 9. The minimum atomic E-state index is -1.02. The number of hydrogen-bond acceptors (Lipinski definition) is 3. The van der Waals surface area contributed by atoms with Crippen LogP contribution >= 0.6 is 0 Å². The third kappa shape index (κ3) is 5.77. The monoisotopic (exact) mass is 336 g/mol. The molecule has 0 bridgehead atoms. The highest BCUT2D eigenvalue weighted by molar-refractivity contribution is 6.06. The molecule has 0 heterocycles.